The number of hydrogen-bond acceptors (Lipinski definition) is 5. The topological polar surface area (TPSA) is 99.8 Å². The molecule has 32 heavy (non-hydrogen) atoms. The lowest BCUT2D eigenvalue weighted by Gasteiger charge is -2.32. The van der Waals surface area contributed by atoms with E-state index in [1.165, 1.54) is 12.7 Å². The first-order valence-electron chi connectivity index (χ1n) is 10.5. The van der Waals surface area contributed by atoms with Gasteiger partial charge in [0.2, 0.25) is 10.0 Å². The number of piperidine rings is 1. The predicted octanol–water partition coefficient (Wildman–Crippen LogP) is 3.90. The van der Waals surface area contributed by atoms with Crippen LogP contribution in [-0.2, 0) is 16.6 Å². The van der Waals surface area contributed by atoms with Crippen LogP contribution in [-0.4, -0.2) is 51.3 Å². The Morgan fingerprint density at radius 2 is 1.84 bits per heavy atom. The monoisotopic (exact) mass is 480 g/mol. The molecule has 1 saturated heterocycles. The molecular formula is C22H29ClN4O4S. The summed E-state index contributed by atoms with van der Waals surface area (Å²) in [7, 11) is -1.98. The van der Waals surface area contributed by atoms with Crippen LogP contribution in [0.2, 0.25) is 5.02 Å². The third-order valence-corrected chi connectivity index (χ3v) is 6.89. The number of carbonyl (C=O) groups is 1. The third kappa shape index (κ3) is 7.01. The van der Waals surface area contributed by atoms with Crippen molar-refractivity contribution >= 4 is 39.0 Å². The van der Waals surface area contributed by atoms with E-state index in [0.717, 1.165) is 37.5 Å². The van der Waals surface area contributed by atoms with Gasteiger partial charge in [-0.15, -0.1) is 0 Å². The second-order valence-electron chi connectivity index (χ2n) is 7.70. The van der Waals surface area contributed by atoms with Crippen LogP contribution in [0.4, 0.5) is 16.2 Å². The summed E-state index contributed by atoms with van der Waals surface area (Å²) >= 11 is 5.94. The van der Waals surface area contributed by atoms with E-state index in [1.54, 1.807) is 25.1 Å². The van der Waals surface area contributed by atoms with E-state index < -0.39 is 10.0 Å². The van der Waals surface area contributed by atoms with E-state index in [0.29, 0.717) is 17.1 Å². The molecule has 174 valence electrons. The largest absolute Gasteiger partial charge is 0.494 e. The molecule has 10 heteroatoms. The number of nitrogens with one attached hydrogen (secondary N) is 3. The molecule has 0 saturated carbocycles. The van der Waals surface area contributed by atoms with Crippen molar-refractivity contribution in [2.24, 2.45) is 0 Å². The average molecular weight is 481 g/mol. The Kier molecular flexibility index (Phi) is 8.22. The Morgan fingerprint density at radius 1 is 1.16 bits per heavy atom. The van der Waals surface area contributed by atoms with Crippen LogP contribution in [0.5, 0.6) is 5.75 Å². The summed E-state index contributed by atoms with van der Waals surface area (Å²) < 4.78 is 31.3. The normalized spacial score (nSPS) is 15.2. The minimum absolute atomic E-state index is 0.0446. The number of halogens is 1. The maximum absolute atomic E-state index is 12.4. The molecule has 0 atom stereocenters. The van der Waals surface area contributed by atoms with E-state index >= 15 is 0 Å². The summed E-state index contributed by atoms with van der Waals surface area (Å²) in [6.07, 6.45) is 1.73. The van der Waals surface area contributed by atoms with Gasteiger partial charge >= 0.3 is 6.03 Å². The van der Waals surface area contributed by atoms with Crippen molar-refractivity contribution in [3.05, 3.63) is 53.1 Å². The molecule has 0 aliphatic carbocycles. The second kappa shape index (κ2) is 10.9. The molecule has 3 N–H and O–H groups in total. The maximum atomic E-state index is 12.4. The number of urea groups is 1. The highest BCUT2D eigenvalue weighted by Crippen LogP contribution is 2.29. The van der Waals surface area contributed by atoms with Gasteiger partial charge in [0.05, 0.1) is 18.6 Å². The van der Waals surface area contributed by atoms with Crippen molar-refractivity contribution in [1.82, 2.24) is 10.2 Å². The van der Waals surface area contributed by atoms with Crippen molar-refractivity contribution in [3.63, 3.8) is 0 Å². The smallest absolute Gasteiger partial charge is 0.319 e. The zero-order valence-corrected chi connectivity index (χ0v) is 19.8. The van der Waals surface area contributed by atoms with Gasteiger partial charge in [0.25, 0.3) is 0 Å². The van der Waals surface area contributed by atoms with E-state index in [4.69, 9.17) is 16.3 Å². The molecule has 0 aromatic heterocycles. The lowest BCUT2D eigenvalue weighted by Crippen LogP contribution is -2.45. The van der Waals surface area contributed by atoms with Gasteiger partial charge in [-0.3, -0.25) is 9.62 Å². The third-order valence-electron chi connectivity index (χ3n) is 5.35. The number of likely N-dealkylation sites (tertiary alicyclic amines) is 1. The summed E-state index contributed by atoms with van der Waals surface area (Å²) in [5, 5.41) is 6.54. The maximum Gasteiger partial charge on any atom is 0.319 e. The molecule has 8 nitrogen and oxygen atoms in total. The molecule has 0 spiro atoms. The van der Waals surface area contributed by atoms with Crippen molar-refractivity contribution in [2.75, 3.05) is 36.0 Å². The second-order valence-corrected chi connectivity index (χ2v) is 10.1. The molecule has 2 aromatic rings. The molecule has 0 radical (unpaired) electrons. The van der Waals surface area contributed by atoms with Crippen molar-refractivity contribution < 1.29 is 17.9 Å². The van der Waals surface area contributed by atoms with E-state index in [2.05, 4.69) is 20.3 Å². The first-order valence-corrected chi connectivity index (χ1v) is 12.5. The highest BCUT2D eigenvalue weighted by molar-refractivity contribution is 7.92. The van der Waals surface area contributed by atoms with Crippen molar-refractivity contribution in [2.45, 2.75) is 32.4 Å². The first-order chi connectivity index (χ1) is 15.3. The van der Waals surface area contributed by atoms with Gasteiger partial charge in [-0.2, -0.15) is 0 Å². The van der Waals surface area contributed by atoms with Gasteiger partial charge in [0.1, 0.15) is 5.75 Å². The number of hydrogen-bond donors (Lipinski definition) is 3. The number of sulfonamides is 1. The Bertz CT molecular complexity index is 1020. The fourth-order valence-corrected chi connectivity index (χ4v) is 4.30. The molecular weight excluding hydrogens is 452 g/mol. The molecule has 1 heterocycles. The summed E-state index contributed by atoms with van der Waals surface area (Å²) in [6.45, 7) is 4.21. The molecule has 0 bridgehead atoms. The number of rotatable bonds is 8. The lowest BCUT2D eigenvalue weighted by molar-refractivity contribution is 0.190. The number of methoxy groups -OCH3 is 1. The summed E-state index contributed by atoms with van der Waals surface area (Å²) in [5.41, 5.74) is 2.06. The Labute approximate surface area is 194 Å². The van der Waals surface area contributed by atoms with Crippen LogP contribution in [0.25, 0.3) is 0 Å². The highest BCUT2D eigenvalue weighted by atomic mass is 35.5. The van der Waals surface area contributed by atoms with Gasteiger partial charge in [-0.1, -0.05) is 23.7 Å². The number of amides is 2. The Hall–Kier alpha value is -2.49. The van der Waals surface area contributed by atoms with Gasteiger partial charge in [-0.25, -0.2) is 13.2 Å². The minimum atomic E-state index is -3.43. The van der Waals surface area contributed by atoms with Crippen LogP contribution in [0.15, 0.2) is 42.5 Å². The zero-order chi connectivity index (χ0) is 23.1. The highest BCUT2D eigenvalue weighted by Gasteiger charge is 2.21. The lowest BCUT2D eigenvalue weighted by atomic mass is 10.0. The van der Waals surface area contributed by atoms with E-state index in [-0.39, 0.29) is 17.8 Å². The SMILES string of the molecule is CCS(=O)(=O)Nc1ccc(NC(=O)NC2CCN(Cc3ccc(Cl)cc3)CC2)cc1OC. The van der Waals surface area contributed by atoms with Gasteiger partial charge in [0.15, 0.2) is 0 Å². The van der Waals surface area contributed by atoms with E-state index in [9.17, 15) is 13.2 Å². The fraction of sp³-hybridized carbons (Fsp3) is 0.409. The number of ether oxygens (including phenoxy) is 1. The van der Waals surface area contributed by atoms with Gasteiger partial charge in [-0.05, 0) is 49.6 Å². The standard InChI is InChI=1S/C22H29ClN4O4S/c1-3-32(29,30)26-20-9-8-19(14-21(20)31-2)25-22(28)24-18-10-12-27(13-11-18)15-16-4-6-17(23)7-5-16/h4-9,14,18,26H,3,10-13,15H2,1-2H3,(H2,24,25,28). The summed E-state index contributed by atoms with van der Waals surface area (Å²) in [6, 6.07) is 12.4. The first kappa shape index (κ1) is 24.2. The number of anilines is 2. The minimum Gasteiger partial charge on any atom is -0.494 e. The Balaban J connectivity index is 1.49. The van der Waals surface area contributed by atoms with Gasteiger partial charge in [0, 0.05) is 42.5 Å². The molecule has 2 amide bonds. The molecule has 1 fully saturated rings. The molecule has 2 aromatic carbocycles. The number of carbonyl (C=O) groups excluding carboxylic acids is 1. The molecule has 1 aliphatic rings. The van der Waals surface area contributed by atoms with Crippen molar-refractivity contribution in [3.8, 4) is 5.75 Å². The molecule has 1 aliphatic heterocycles. The quantitative estimate of drug-likeness (QED) is 0.532. The van der Waals surface area contributed by atoms with Gasteiger partial charge < -0.3 is 15.4 Å². The fourth-order valence-electron chi connectivity index (χ4n) is 3.53. The van der Waals surface area contributed by atoms with E-state index in [1.807, 2.05) is 24.3 Å². The molecule has 0 unspecified atom stereocenters. The molecule has 3 rings (SSSR count). The summed E-state index contributed by atoms with van der Waals surface area (Å²) in [4.78, 5) is 14.8. The Morgan fingerprint density at radius 3 is 2.47 bits per heavy atom. The summed E-state index contributed by atoms with van der Waals surface area (Å²) in [5.74, 6) is 0.284. The van der Waals surface area contributed by atoms with Crippen LogP contribution in [0.1, 0.15) is 25.3 Å². The van der Waals surface area contributed by atoms with Crippen LogP contribution >= 0.6 is 11.6 Å². The van der Waals surface area contributed by atoms with Crippen molar-refractivity contribution in [1.29, 1.82) is 0 Å². The average Bonchev–Trinajstić information content (AvgIpc) is 2.77. The van der Waals surface area contributed by atoms with Crippen LogP contribution < -0.4 is 20.1 Å². The predicted molar refractivity (Wildman–Crippen MR) is 128 cm³/mol. The zero-order valence-electron chi connectivity index (χ0n) is 18.2. The van der Waals surface area contributed by atoms with Crippen LogP contribution in [0.3, 0.4) is 0 Å². The number of nitrogens with zero attached hydrogens (tertiary/aromatic N) is 1. The number of benzene rings is 2. The van der Waals surface area contributed by atoms with Crippen LogP contribution in [0, 0.1) is 0 Å².